The van der Waals surface area contributed by atoms with Crippen LogP contribution in [0.1, 0.15) is 29.5 Å². The quantitative estimate of drug-likeness (QED) is 0.658. The molecule has 3 aromatic rings. The molecule has 0 radical (unpaired) electrons. The summed E-state index contributed by atoms with van der Waals surface area (Å²) in [6.07, 6.45) is -0.732. The number of hydrogen-bond donors (Lipinski definition) is 1. The second-order valence-corrected chi connectivity index (χ2v) is 6.81. The Balaban J connectivity index is 1.90. The molecule has 2 atom stereocenters. The third kappa shape index (κ3) is 3.15. The maximum absolute atomic E-state index is 14.4. The fraction of sp³-hybridized carbons (Fsp3) is 0.227. The Morgan fingerprint density at radius 1 is 1.17 bits per heavy atom. The van der Waals surface area contributed by atoms with Crippen molar-refractivity contribution in [1.82, 2.24) is 0 Å². The Bertz CT molecular complexity index is 1160. The monoisotopic (exact) mass is 398 g/mol. The SMILES string of the molecule is CCOc1cc2c(c3cccc(C#N)c13)CC(c1cc(F)c(F)cc1F)C(N)O2. The standard InChI is InChI=1S/C22H17F3N2O2/c1-2-28-20-9-19-14(12-5-3-4-11(10-26)21(12)20)6-15(22(27)29-19)13-7-17(24)18(25)8-16(13)23/h3-5,7-9,15,22H,2,6,27H2,1H3. The van der Waals surface area contributed by atoms with Crippen molar-refractivity contribution in [2.24, 2.45) is 5.73 Å². The van der Waals surface area contributed by atoms with Gasteiger partial charge in [-0.3, -0.25) is 5.73 Å². The van der Waals surface area contributed by atoms with Crippen LogP contribution in [0.4, 0.5) is 13.2 Å². The van der Waals surface area contributed by atoms with Crippen LogP contribution in [0.15, 0.2) is 36.4 Å². The minimum Gasteiger partial charge on any atom is -0.493 e. The van der Waals surface area contributed by atoms with Crippen LogP contribution >= 0.6 is 0 Å². The Kier molecular flexibility index (Phi) is 4.81. The molecule has 148 valence electrons. The predicted octanol–water partition coefficient (Wildman–Crippen LogP) is 4.53. The molecular weight excluding hydrogens is 381 g/mol. The molecule has 0 saturated heterocycles. The average molecular weight is 398 g/mol. The molecule has 3 aromatic carbocycles. The van der Waals surface area contributed by atoms with E-state index in [-0.39, 0.29) is 12.0 Å². The third-order valence-electron chi connectivity index (χ3n) is 5.14. The molecule has 0 fully saturated rings. The fourth-order valence-electron chi connectivity index (χ4n) is 3.83. The van der Waals surface area contributed by atoms with E-state index in [2.05, 4.69) is 6.07 Å². The van der Waals surface area contributed by atoms with E-state index in [4.69, 9.17) is 15.2 Å². The van der Waals surface area contributed by atoms with Gasteiger partial charge in [0.25, 0.3) is 0 Å². The molecule has 0 aliphatic carbocycles. The van der Waals surface area contributed by atoms with Crippen molar-refractivity contribution in [1.29, 1.82) is 5.26 Å². The van der Waals surface area contributed by atoms with Crippen molar-refractivity contribution in [2.45, 2.75) is 25.5 Å². The largest absolute Gasteiger partial charge is 0.493 e. The van der Waals surface area contributed by atoms with Gasteiger partial charge in [0.2, 0.25) is 0 Å². The molecule has 0 bridgehead atoms. The number of hydrogen-bond acceptors (Lipinski definition) is 4. The summed E-state index contributed by atoms with van der Waals surface area (Å²) in [7, 11) is 0. The number of ether oxygens (including phenoxy) is 2. The highest BCUT2D eigenvalue weighted by Gasteiger charge is 2.33. The second-order valence-electron chi connectivity index (χ2n) is 6.81. The van der Waals surface area contributed by atoms with Crippen LogP contribution in [-0.2, 0) is 6.42 Å². The van der Waals surface area contributed by atoms with Crippen LogP contribution in [0.25, 0.3) is 10.8 Å². The Hall–Kier alpha value is -3.24. The molecule has 0 aromatic heterocycles. The average Bonchev–Trinajstić information content (AvgIpc) is 2.70. The number of halogens is 3. The molecule has 4 rings (SSSR count). The Labute approximate surface area is 165 Å². The lowest BCUT2D eigenvalue weighted by Gasteiger charge is -2.33. The van der Waals surface area contributed by atoms with Crippen LogP contribution in [0.2, 0.25) is 0 Å². The fourth-order valence-corrected chi connectivity index (χ4v) is 3.83. The van der Waals surface area contributed by atoms with Gasteiger partial charge in [-0.05, 0) is 36.4 Å². The number of rotatable bonds is 3. The van der Waals surface area contributed by atoms with Crippen molar-refractivity contribution < 1.29 is 22.6 Å². The maximum atomic E-state index is 14.4. The molecule has 1 heterocycles. The van der Waals surface area contributed by atoms with Crippen LogP contribution in [0.5, 0.6) is 11.5 Å². The first kappa shape index (κ1) is 19.1. The highest BCUT2D eigenvalue weighted by atomic mass is 19.2. The molecule has 0 saturated carbocycles. The van der Waals surface area contributed by atoms with Gasteiger partial charge in [0, 0.05) is 29.0 Å². The summed E-state index contributed by atoms with van der Waals surface area (Å²) in [6, 6.07) is 10.4. The van der Waals surface area contributed by atoms with Crippen molar-refractivity contribution in [2.75, 3.05) is 6.61 Å². The highest BCUT2D eigenvalue weighted by molar-refractivity contribution is 5.97. The minimum absolute atomic E-state index is 0.0551. The summed E-state index contributed by atoms with van der Waals surface area (Å²) in [4.78, 5) is 0. The van der Waals surface area contributed by atoms with E-state index in [9.17, 15) is 18.4 Å². The van der Waals surface area contributed by atoms with Gasteiger partial charge in [-0.15, -0.1) is 0 Å². The first-order chi connectivity index (χ1) is 13.9. The zero-order valence-corrected chi connectivity index (χ0v) is 15.5. The molecule has 2 unspecified atom stereocenters. The number of benzene rings is 3. The zero-order chi connectivity index (χ0) is 20.7. The van der Waals surface area contributed by atoms with Crippen molar-refractivity contribution in [3.05, 3.63) is 70.5 Å². The number of nitrogens with zero attached hydrogens (tertiary/aromatic N) is 1. The number of nitrogens with two attached hydrogens (primary N) is 1. The molecule has 7 heteroatoms. The molecule has 1 aliphatic rings. The third-order valence-corrected chi connectivity index (χ3v) is 5.14. The van der Waals surface area contributed by atoms with Crippen molar-refractivity contribution >= 4 is 10.8 Å². The molecule has 4 nitrogen and oxygen atoms in total. The van der Waals surface area contributed by atoms with E-state index in [0.29, 0.717) is 46.1 Å². The number of fused-ring (bicyclic) bond motifs is 3. The highest BCUT2D eigenvalue weighted by Crippen LogP contribution is 2.44. The first-order valence-electron chi connectivity index (χ1n) is 9.12. The Morgan fingerprint density at radius 2 is 1.93 bits per heavy atom. The normalized spacial score (nSPS) is 18.1. The molecule has 2 N–H and O–H groups in total. The summed E-state index contributed by atoms with van der Waals surface area (Å²) in [5.41, 5.74) is 7.19. The van der Waals surface area contributed by atoms with E-state index >= 15 is 0 Å². The smallest absolute Gasteiger partial charge is 0.161 e. The van der Waals surface area contributed by atoms with E-state index in [1.165, 1.54) is 0 Å². The van der Waals surface area contributed by atoms with Crippen molar-refractivity contribution in [3.8, 4) is 17.6 Å². The number of nitriles is 1. The summed E-state index contributed by atoms with van der Waals surface area (Å²) >= 11 is 0. The second kappa shape index (κ2) is 7.30. The summed E-state index contributed by atoms with van der Waals surface area (Å²) < 4.78 is 53.0. The minimum atomic E-state index is -1.26. The molecular formula is C22H17F3N2O2. The van der Waals surface area contributed by atoms with E-state index in [1.807, 2.05) is 13.0 Å². The lowest BCUT2D eigenvalue weighted by molar-refractivity contribution is 0.154. The lowest BCUT2D eigenvalue weighted by atomic mass is 9.85. The summed E-state index contributed by atoms with van der Waals surface area (Å²) in [5, 5.41) is 10.9. The van der Waals surface area contributed by atoms with Gasteiger partial charge < -0.3 is 9.47 Å². The van der Waals surface area contributed by atoms with E-state index in [1.54, 1.807) is 18.2 Å². The predicted molar refractivity (Wildman–Crippen MR) is 101 cm³/mol. The van der Waals surface area contributed by atoms with E-state index in [0.717, 1.165) is 6.07 Å². The summed E-state index contributed by atoms with van der Waals surface area (Å²) in [6.45, 7) is 2.22. The maximum Gasteiger partial charge on any atom is 0.161 e. The zero-order valence-electron chi connectivity index (χ0n) is 15.5. The van der Waals surface area contributed by atoms with Gasteiger partial charge in [0.15, 0.2) is 17.9 Å². The van der Waals surface area contributed by atoms with Crippen LogP contribution in [0, 0.1) is 28.8 Å². The molecule has 29 heavy (non-hydrogen) atoms. The van der Waals surface area contributed by atoms with Gasteiger partial charge in [-0.25, -0.2) is 13.2 Å². The van der Waals surface area contributed by atoms with Crippen LogP contribution < -0.4 is 15.2 Å². The van der Waals surface area contributed by atoms with Crippen LogP contribution in [-0.4, -0.2) is 12.8 Å². The topological polar surface area (TPSA) is 68.3 Å². The van der Waals surface area contributed by atoms with Crippen LogP contribution in [0.3, 0.4) is 0 Å². The van der Waals surface area contributed by atoms with Gasteiger partial charge in [0.1, 0.15) is 17.3 Å². The van der Waals surface area contributed by atoms with E-state index < -0.39 is 29.6 Å². The molecule has 0 amide bonds. The summed E-state index contributed by atoms with van der Waals surface area (Å²) in [5.74, 6) is -3.08. The van der Waals surface area contributed by atoms with Gasteiger partial charge >= 0.3 is 0 Å². The molecule has 0 spiro atoms. The Morgan fingerprint density at radius 3 is 2.66 bits per heavy atom. The van der Waals surface area contributed by atoms with Crippen molar-refractivity contribution in [3.63, 3.8) is 0 Å². The van der Waals surface area contributed by atoms with Gasteiger partial charge in [0.05, 0.1) is 18.2 Å². The first-order valence-corrected chi connectivity index (χ1v) is 9.12. The van der Waals surface area contributed by atoms with Gasteiger partial charge in [-0.1, -0.05) is 12.1 Å². The van der Waals surface area contributed by atoms with Gasteiger partial charge in [-0.2, -0.15) is 5.26 Å². The lowest BCUT2D eigenvalue weighted by Crippen LogP contribution is -2.39. The molecule has 1 aliphatic heterocycles.